The van der Waals surface area contributed by atoms with Gasteiger partial charge < -0.3 is 38.6 Å². The van der Waals surface area contributed by atoms with Crippen molar-refractivity contribution in [3.05, 3.63) is 89.5 Å². The largest absolute Gasteiger partial charge is 0.741 e. The first-order valence-corrected chi connectivity index (χ1v) is 14.6. The molecule has 0 amide bonds. The highest BCUT2D eigenvalue weighted by molar-refractivity contribution is 7.86. The van der Waals surface area contributed by atoms with Crippen molar-refractivity contribution >= 4 is 28.0 Å². The maximum atomic E-state index is 11.0. The minimum absolute atomic E-state index is 0.181. The summed E-state index contributed by atoms with van der Waals surface area (Å²) in [5.41, 5.74) is -5.10. The molecule has 3 aromatic rings. The summed E-state index contributed by atoms with van der Waals surface area (Å²) < 4.78 is 76.9. The molecule has 13 nitrogen and oxygen atoms in total. The summed E-state index contributed by atoms with van der Waals surface area (Å²) in [7, 11) is -4.06. The number of quaternary nitrogens is 1. The third-order valence-electron chi connectivity index (χ3n) is 6.29. The number of carboxylic acids is 3. The van der Waals surface area contributed by atoms with Gasteiger partial charge in [-0.05, 0) is 72.8 Å². The number of hydrogen-bond acceptors (Lipinski definition) is 9. The van der Waals surface area contributed by atoms with Crippen molar-refractivity contribution in [2.24, 2.45) is 0 Å². The Morgan fingerprint density at radius 3 is 1.02 bits per heavy atom. The van der Waals surface area contributed by atoms with Gasteiger partial charge in [0.25, 0.3) is 0 Å². The SMILES string of the molecule is C[N+](CCOc1ccc(C(=O)O)cc1)(CCOc1ccc(C(=O)O)cc1)CCOc1ccc(C(=O)O)cc1.O=S(=O)([O-])C(F)(F)F. The minimum Gasteiger partial charge on any atom is -0.741 e. The number of alkyl halides is 3. The zero-order valence-corrected chi connectivity index (χ0v) is 25.0. The molecule has 3 aromatic carbocycles. The Balaban J connectivity index is 0.000000812. The van der Waals surface area contributed by atoms with E-state index in [0.717, 1.165) is 0 Å². The van der Waals surface area contributed by atoms with E-state index in [4.69, 9.17) is 42.5 Å². The first-order chi connectivity index (χ1) is 21.4. The summed E-state index contributed by atoms with van der Waals surface area (Å²) in [6.07, 6.45) is 0. The summed E-state index contributed by atoms with van der Waals surface area (Å²) in [5.74, 6) is -1.33. The lowest BCUT2D eigenvalue weighted by atomic mass is 10.2. The van der Waals surface area contributed by atoms with E-state index >= 15 is 0 Å². The van der Waals surface area contributed by atoms with E-state index in [0.29, 0.717) is 61.2 Å². The average molecular weight is 674 g/mol. The number of hydrogen-bond donors (Lipinski definition) is 3. The number of benzene rings is 3. The van der Waals surface area contributed by atoms with Gasteiger partial charge in [-0.25, -0.2) is 22.8 Å². The number of aromatic carboxylic acids is 3. The number of rotatable bonds is 15. The highest BCUT2D eigenvalue weighted by Crippen LogP contribution is 2.20. The van der Waals surface area contributed by atoms with Crippen LogP contribution >= 0.6 is 0 Å². The normalized spacial score (nSPS) is 11.5. The Kier molecular flexibility index (Phi) is 13.3. The Morgan fingerprint density at radius 1 is 0.630 bits per heavy atom. The van der Waals surface area contributed by atoms with Crippen molar-refractivity contribution in [3.63, 3.8) is 0 Å². The predicted octanol–water partition coefficient (Wildman–Crippen LogP) is 3.82. The van der Waals surface area contributed by atoms with Crippen molar-refractivity contribution < 1.29 is 74.5 Å². The van der Waals surface area contributed by atoms with Crippen LogP contribution in [0.1, 0.15) is 31.1 Å². The number of carboxylic acid groups (broad SMARTS) is 3. The smallest absolute Gasteiger partial charge is 0.485 e. The molecule has 0 saturated carbocycles. The van der Waals surface area contributed by atoms with E-state index in [1.165, 1.54) is 36.4 Å². The minimum atomic E-state index is -6.09. The van der Waals surface area contributed by atoms with Gasteiger partial charge in [-0.1, -0.05) is 0 Å². The van der Waals surface area contributed by atoms with Gasteiger partial charge in [0.2, 0.25) is 0 Å². The number of nitrogens with zero attached hydrogens (tertiary/aromatic N) is 1. The van der Waals surface area contributed by atoms with E-state index in [2.05, 4.69) is 0 Å². The van der Waals surface area contributed by atoms with Gasteiger partial charge in [0.15, 0.2) is 10.1 Å². The van der Waals surface area contributed by atoms with Crippen molar-refractivity contribution in [2.45, 2.75) is 5.51 Å². The number of halogens is 3. The molecule has 0 unspecified atom stereocenters. The molecule has 250 valence electrons. The van der Waals surface area contributed by atoms with E-state index in [1.54, 1.807) is 36.4 Å². The van der Waals surface area contributed by atoms with E-state index in [9.17, 15) is 27.6 Å². The lowest BCUT2D eigenvalue weighted by Gasteiger charge is -2.34. The molecule has 3 rings (SSSR count). The highest BCUT2D eigenvalue weighted by atomic mass is 32.2. The Hall–Kier alpha value is -4.87. The summed E-state index contributed by atoms with van der Waals surface area (Å²) in [5, 5.41) is 27.1. The summed E-state index contributed by atoms with van der Waals surface area (Å²) >= 11 is 0. The monoisotopic (exact) mass is 673 g/mol. The molecule has 0 aliphatic rings. The quantitative estimate of drug-likeness (QED) is 0.120. The first-order valence-electron chi connectivity index (χ1n) is 13.1. The van der Waals surface area contributed by atoms with Gasteiger partial charge >= 0.3 is 23.4 Å². The summed E-state index contributed by atoms with van der Waals surface area (Å²) in [6, 6.07) is 18.6. The Bertz CT molecular complexity index is 1410. The predicted molar refractivity (Wildman–Crippen MR) is 153 cm³/mol. The molecular formula is C29H30F3NO12S. The van der Waals surface area contributed by atoms with Crippen LogP contribution in [0.25, 0.3) is 0 Å². The van der Waals surface area contributed by atoms with Crippen LogP contribution in [-0.2, 0) is 10.1 Å². The zero-order chi connectivity index (χ0) is 34.5. The van der Waals surface area contributed by atoms with Crippen molar-refractivity contribution in [1.29, 1.82) is 0 Å². The maximum Gasteiger partial charge on any atom is 0.485 e. The van der Waals surface area contributed by atoms with E-state index < -0.39 is 33.5 Å². The van der Waals surface area contributed by atoms with Crippen molar-refractivity contribution in [3.8, 4) is 17.2 Å². The molecule has 3 N–H and O–H groups in total. The van der Waals surface area contributed by atoms with Gasteiger partial charge in [0.1, 0.15) is 56.7 Å². The van der Waals surface area contributed by atoms with Gasteiger partial charge in [0, 0.05) is 0 Å². The topological polar surface area (TPSA) is 197 Å². The van der Waals surface area contributed by atoms with Crippen molar-refractivity contribution in [1.82, 2.24) is 0 Å². The second kappa shape index (κ2) is 16.4. The lowest BCUT2D eigenvalue weighted by Crippen LogP contribution is -2.51. The third-order valence-corrected chi connectivity index (χ3v) is 6.85. The van der Waals surface area contributed by atoms with Crippen LogP contribution in [0, 0.1) is 0 Å². The number of carbonyl (C=O) groups is 3. The Labute approximate surface area is 261 Å². The van der Waals surface area contributed by atoms with Crippen LogP contribution in [-0.4, -0.2) is 103 Å². The molecule has 0 heterocycles. The third kappa shape index (κ3) is 12.6. The maximum absolute atomic E-state index is 11.0. The zero-order valence-electron chi connectivity index (χ0n) is 24.2. The first kappa shape index (κ1) is 37.3. The fourth-order valence-corrected chi connectivity index (χ4v) is 3.57. The van der Waals surface area contributed by atoms with Crippen molar-refractivity contribution in [2.75, 3.05) is 46.5 Å². The summed E-state index contributed by atoms with van der Waals surface area (Å²) in [6.45, 7) is 2.90. The molecule has 0 spiro atoms. The second-order valence-electron chi connectivity index (χ2n) is 9.72. The number of ether oxygens (including phenoxy) is 3. The molecule has 0 aliphatic carbocycles. The van der Waals surface area contributed by atoms with E-state index in [-0.39, 0.29) is 16.7 Å². The van der Waals surface area contributed by atoms with E-state index in [1.807, 2.05) is 7.05 Å². The van der Waals surface area contributed by atoms with Crippen LogP contribution in [0.15, 0.2) is 72.8 Å². The molecular weight excluding hydrogens is 643 g/mol. The standard InChI is InChI=1S/C28H29NO9.CHF3O3S/c1-29(14-17-36-23-8-2-20(3-9-23)26(30)31,15-18-37-24-10-4-21(5-11-24)27(32)33)16-19-38-25-12-6-22(7-13-25)28(34)35;2-1(3,4)8(5,6)7/h2-13H,14-19H2,1H3,(H2-,30,31,32,33,34,35);(H,5,6,7). The molecule has 0 aromatic heterocycles. The fourth-order valence-electron chi connectivity index (χ4n) is 3.57. The van der Waals surface area contributed by atoms with Gasteiger partial charge in [-0.2, -0.15) is 13.2 Å². The van der Waals surface area contributed by atoms with Crippen LogP contribution in [0.4, 0.5) is 13.2 Å². The molecule has 0 radical (unpaired) electrons. The molecule has 0 bridgehead atoms. The van der Waals surface area contributed by atoms with Crippen LogP contribution in [0.5, 0.6) is 17.2 Å². The summed E-state index contributed by atoms with van der Waals surface area (Å²) in [4.78, 5) is 33.1. The van der Waals surface area contributed by atoms with Crippen LogP contribution in [0.3, 0.4) is 0 Å². The van der Waals surface area contributed by atoms with Gasteiger partial charge in [-0.15, -0.1) is 0 Å². The van der Waals surface area contributed by atoms with Gasteiger partial charge in [-0.3, -0.25) is 0 Å². The molecule has 46 heavy (non-hydrogen) atoms. The number of likely N-dealkylation sites (N-methyl/N-ethyl adjacent to an activating group) is 1. The highest BCUT2D eigenvalue weighted by Gasteiger charge is 2.37. The molecule has 0 fully saturated rings. The lowest BCUT2D eigenvalue weighted by molar-refractivity contribution is -0.909. The molecule has 0 saturated heterocycles. The van der Waals surface area contributed by atoms with Crippen LogP contribution < -0.4 is 14.2 Å². The fraction of sp³-hybridized carbons (Fsp3) is 0.276. The Morgan fingerprint density at radius 2 is 0.848 bits per heavy atom. The van der Waals surface area contributed by atoms with Crippen LogP contribution in [0.2, 0.25) is 0 Å². The molecule has 0 atom stereocenters. The second-order valence-corrected chi connectivity index (χ2v) is 11.1. The molecule has 17 heteroatoms. The average Bonchev–Trinajstić information content (AvgIpc) is 2.97. The molecule has 0 aliphatic heterocycles. The van der Waals surface area contributed by atoms with Gasteiger partial charge in [0.05, 0.1) is 23.7 Å².